The second-order valence-electron chi connectivity index (χ2n) is 7.07. The van der Waals surface area contributed by atoms with E-state index >= 15 is 0 Å². The highest BCUT2D eigenvalue weighted by Gasteiger charge is 2.17. The maximum atomic E-state index is 9.10. The Morgan fingerprint density at radius 1 is 0.839 bits per heavy atom. The Bertz CT molecular complexity index is 823. The van der Waals surface area contributed by atoms with Gasteiger partial charge in [0.1, 0.15) is 0 Å². The maximum Gasteiger partial charge on any atom is 0.414 e. The molecule has 0 bridgehead atoms. The van der Waals surface area contributed by atoms with E-state index in [1.165, 1.54) is 11.1 Å². The molecule has 8 heteroatoms. The molecular formula is C23H30N2O6. The van der Waals surface area contributed by atoms with E-state index in [1.807, 2.05) is 13.0 Å². The van der Waals surface area contributed by atoms with Crippen molar-refractivity contribution in [3.8, 4) is 11.5 Å². The molecule has 0 amide bonds. The number of rotatable bonds is 7. The minimum absolute atomic E-state index is 0.651. The minimum atomic E-state index is -1.82. The van der Waals surface area contributed by atoms with Crippen molar-refractivity contribution in [3.63, 3.8) is 0 Å². The fourth-order valence-corrected chi connectivity index (χ4v) is 3.29. The maximum absolute atomic E-state index is 9.10. The van der Waals surface area contributed by atoms with Gasteiger partial charge in [-0.3, -0.25) is 9.80 Å². The van der Waals surface area contributed by atoms with Crippen LogP contribution in [-0.2, 0) is 22.7 Å². The Balaban J connectivity index is 0.000000501. The lowest BCUT2D eigenvalue weighted by Crippen LogP contribution is -2.45. The van der Waals surface area contributed by atoms with Crippen molar-refractivity contribution in [3.05, 3.63) is 59.7 Å². The quantitative estimate of drug-likeness (QED) is 0.647. The molecule has 1 saturated heterocycles. The standard InChI is InChI=1S/C21H28N2O2.C2H2O4/c1-3-25-21-15-19(9-10-20(21)24-2)17-23-13-11-22(12-14-23)16-18-7-5-4-6-8-18;3-1(4)2(5)6/h4-10,15H,3,11-14,16-17H2,1-2H3;(H,3,4)(H,5,6). The van der Waals surface area contributed by atoms with Crippen LogP contribution < -0.4 is 9.47 Å². The highest BCUT2D eigenvalue weighted by molar-refractivity contribution is 6.27. The van der Waals surface area contributed by atoms with Crippen LogP contribution in [0.5, 0.6) is 11.5 Å². The Morgan fingerprint density at radius 3 is 1.87 bits per heavy atom. The summed E-state index contributed by atoms with van der Waals surface area (Å²) in [5.41, 5.74) is 2.67. The number of benzene rings is 2. The SMILES string of the molecule is CCOc1cc(CN2CCN(Cc3ccccc3)CC2)ccc1OC.O=C(O)C(=O)O. The van der Waals surface area contributed by atoms with Crippen molar-refractivity contribution in [1.82, 2.24) is 9.80 Å². The predicted molar refractivity (Wildman–Crippen MR) is 116 cm³/mol. The third-order valence-corrected chi connectivity index (χ3v) is 4.83. The lowest BCUT2D eigenvalue weighted by molar-refractivity contribution is -0.159. The van der Waals surface area contributed by atoms with E-state index in [1.54, 1.807) is 7.11 Å². The molecule has 0 atom stereocenters. The summed E-state index contributed by atoms with van der Waals surface area (Å²) < 4.78 is 11.1. The summed E-state index contributed by atoms with van der Waals surface area (Å²) in [6.07, 6.45) is 0. The molecule has 0 spiro atoms. The first-order chi connectivity index (χ1) is 14.9. The molecule has 2 aromatic carbocycles. The zero-order valence-corrected chi connectivity index (χ0v) is 18.0. The van der Waals surface area contributed by atoms with E-state index in [4.69, 9.17) is 29.3 Å². The van der Waals surface area contributed by atoms with E-state index in [9.17, 15) is 0 Å². The molecular weight excluding hydrogens is 400 g/mol. The van der Waals surface area contributed by atoms with Crippen LogP contribution in [0.3, 0.4) is 0 Å². The van der Waals surface area contributed by atoms with Crippen LogP contribution in [0.1, 0.15) is 18.1 Å². The number of aliphatic carboxylic acids is 2. The third-order valence-electron chi connectivity index (χ3n) is 4.83. The number of hydrogen-bond acceptors (Lipinski definition) is 6. The molecule has 31 heavy (non-hydrogen) atoms. The van der Waals surface area contributed by atoms with Gasteiger partial charge in [-0.15, -0.1) is 0 Å². The molecule has 3 rings (SSSR count). The van der Waals surface area contributed by atoms with Crippen LogP contribution >= 0.6 is 0 Å². The van der Waals surface area contributed by atoms with Gasteiger partial charge in [-0.2, -0.15) is 0 Å². The number of ether oxygens (including phenoxy) is 2. The summed E-state index contributed by atoms with van der Waals surface area (Å²) in [4.78, 5) is 23.2. The van der Waals surface area contributed by atoms with Crippen LogP contribution in [0.15, 0.2) is 48.5 Å². The number of carbonyl (C=O) groups is 2. The van der Waals surface area contributed by atoms with Gasteiger partial charge in [0.15, 0.2) is 11.5 Å². The predicted octanol–water partition coefficient (Wildman–Crippen LogP) is 2.57. The first-order valence-electron chi connectivity index (χ1n) is 10.2. The molecule has 8 nitrogen and oxygen atoms in total. The van der Waals surface area contributed by atoms with Crippen molar-refractivity contribution >= 4 is 11.9 Å². The molecule has 0 unspecified atom stereocenters. The van der Waals surface area contributed by atoms with Gasteiger partial charge in [-0.1, -0.05) is 36.4 Å². The Hall–Kier alpha value is -3.10. The first kappa shape index (κ1) is 24.2. The summed E-state index contributed by atoms with van der Waals surface area (Å²) in [5.74, 6) is -2.01. The number of methoxy groups -OCH3 is 1. The van der Waals surface area contributed by atoms with Crippen LogP contribution in [0.25, 0.3) is 0 Å². The van der Waals surface area contributed by atoms with Crippen LogP contribution in [0, 0.1) is 0 Å². The fraction of sp³-hybridized carbons (Fsp3) is 0.391. The van der Waals surface area contributed by atoms with Gasteiger partial charge in [0.2, 0.25) is 0 Å². The molecule has 0 saturated carbocycles. The first-order valence-corrected chi connectivity index (χ1v) is 10.2. The topological polar surface area (TPSA) is 99.5 Å². The van der Waals surface area contributed by atoms with Crippen molar-refractivity contribution in [1.29, 1.82) is 0 Å². The van der Waals surface area contributed by atoms with Gasteiger partial charge in [-0.05, 0) is 30.2 Å². The van der Waals surface area contributed by atoms with E-state index in [0.717, 1.165) is 50.8 Å². The number of carboxylic acid groups (broad SMARTS) is 2. The van der Waals surface area contributed by atoms with E-state index in [0.29, 0.717) is 6.61 Å². The highest BCUT2D eigenvalue weighted by Crippen LogP contribution is 2.28. The molecule has 1 fully saturated rings. The summed E-state index contributed by atoms with van der Waals surface area (Å²) in [7, 11) is 1.68. The Kier molecular flexibility index (Phi) is 9.80. The molecule has 168 valence electrons. The van der Waals surface area contributed by atoms with Crippen LogP contribution in [0.4, 0.5) is 0 Å². The molecule has 0 aliphatic carbocycles. The summed E-state index contributed by atoms with van der Waals surface area (Å²) in [5, 5.41) is 14.8. The molecule has 1 heterocycles. The van der Waals surface area contributed by atoms with Crippen molar-refractivity contribution < 1.29 is 29.3 Å². The molecule has 0 aromatic heterocycles. The van der Waals surface area contributed by atoms with E-state index < -0.39 is 11.9 Å². The van der Waals surface area contributed by atoms with Crippen LogP contribution in [0.2, 0.25) is 0 Å². The summed E-state index contributed by atoms with van der Waals surface area (Å²) in [6.45, 7) is 9.09. The van der Waals surface area contributed by atoms with Gasteiger partial charge in [0.25, 0.3) is 0 Å². The Labute approximate surface area is 182 Å². The summed E-state index contributed by atoms with van der Waals surface area (Å²) in [6, 6.07) is 17.0. The second-order valence-corrected chi connectivity index (χ2v) is 7.07. The van der Waals surface area contributed by atoms with Gasteiger partial charge >= 0.3 is 11.9 Å². The molecule has 1 aliphatic heterocycles. The average Bonchev–Trinajstić information content (AvgIpc) is 2.77. The lowest BCUT2D eigenvalue weighted by Gasteiger charge is -2.34. The zero-order chi connectivity index (χ0) is 22.6. The fourth-order valence-electron chi connectivity index (χ4n) is 3.29. The van der Waals surface area contributed by atoms with Gasteiger partial charge < -0.3 is 19.7 Å². The molecule has 0 radical (unpaired) electrons. The van der Waals surface area contributed by atoms with E-state index in [2.05, 4.69) is 52.3 Å². The third kappa shape index (κ3) is 8.27. The minimum Gasteiger partial charge on any atom is -0.493 e. The number of carboxylic acids is 2. The Morgan fingerprint density at radius 2 is 1.39 bits per heavy atom. The molecule has 1 aliphatic rings. The normalized spacial score (nSPS) is 14.3. The smallest absolute Gasteiger partial charge is 0.414 e. The van der Waals surface area contributed by atoms with Crippen molar-refractivity contribution in [2.45, 2.75) is 20.0 Å². The number of hydrogen-bond donors (Lipinski definition) is 2. The lowest BCUT2D eigenvalue weighted by atomic mass is 10.1. The number of piperazine rings is 1. The van der Waals surface area contributed by atoms with Gasteiger partial charge in [0, 0.05) is 39.3 Å². The monoisotopic (exact) mass is 430 g/mol. The average molecular weight is 431 g/mol. The van der Waals surface area contributed by atoms with E-state index in [-0.39, 0.29) is 0 Å². The van der Waals surface area contributed by atoms with Gasteiger partial charge in [0.05, 0.1) is 13.7 Å². The largest absolute Gasteiger partial charge is 0.493 e. The second kappa shape index (κ2) is 12.6. The molecule has 2 N–H and O–H groups in total. The van der Waals surface area contributed by atoms with Crippen molar-refractivity contribution in [2.75, 3.05) is 39.9 Å². The van der Waals surface area contributed by atoms with Gasteiger partial charge in [-0.25, -0.2) is 9.59 Å². The van der Waals surface area contributed by atoms with Crippen molar-refractivity contribution in [2.24, 2.45) is 0 Å². The van der Waals surface area contributed by atoms with Crippen LogP contribution in [-0.4, -0.2) is 71.8 Å². The zero-order valence-electron chi connectivity index (χ0n) is 18.0. The number of nitrogens with zero attached hydrogens (tertiary/aromatic N) is 2. The summed E-state index contributed by atoms with van der Waals surface area (Å²) >= 11 is 0. The highest BCUT2D eigenvalue weighted by atomic mass is 16.5. The molecule has 2 aromatic rings.